The van der Waals surface area contributed by atoms with Gasteiger partial charge in [-0.05, 0) is 43.4 Å². The van der Waals surface area contributed by atoms with Crippen LogP contribution in [0, 0.1) is 19.7 Å². The molecule has 0 unspecified atom stereocenters. The Balaban J connectivity index is 1.52. The summed E-state index contributed by atoms with van der Waals surface area (Å²) in [6.45, 7) is 7.86. The number of benzene rings is 1. The van der Waals surface area contributed by atoms with Crippen LogP contribution in [0.2, 0.25) is 5.02 Å². The van der Waals surface area contributed by atoms with Crippen molar-refractivity contribution < 1.29 is 23.3 Å². The summed E-state index contributed by atoms with van der Waals surface area (Å²) in [6, 6.07) is 3.72. The predicted octanol–water partition coefficient (Wildman–Crippen LogP) is 3.33. The SMILES string of the molecule is CCCN1CC[C@@H](Oc2cc(F)ccc2C(=O)N2CC(N)=C(c3nc(C)c(Cl)c(C)[nH+]3)C2)[C@H](F)C1. The van der Waals surface area contributed by atoms with Crippen molar-refractivity contribution in [2.75, 3.05) is 32.7 Å². The summed E-state index contributed by atoms with van der Waals surface area (Å²) in [5, 5.41) is 0.540. The Morgan fingerprint density at radius 3 is 2.80 bits per heavy atom. The number of hydrogen-bond donors (Lipinski definition) is 1. The van der Waals surface area contributed by atoms with E-state index >= 15 is 0 Å². The maximum Gasteiger partial charge on any atom is 0.328 e. The molecule has 1 saturated heterocycles. The average molecular weight is 507 g/mol. The fourth-order valence-corrected chi connectivity index (χ4v) is 4.70. The third kappa shape index (κ3) is 5.41. The molecule has 0 radical (unpaired) electrons. The summed E-state index contributed by atoms with van der Waals surface area (Å²) in [6.07, 6.45) is -0.564. The molecular weight excluding hydrogens is 476 g/mol. The predicted molar refractivity (Wildman–Crippen MR) is 129 cm³/mol. The summed E-state index contributed by atoms with van der Waals surface area (Å²) in [5.74, 6) is -0.339. The number of nitrogens with zero attached hydrogens (tertiary/aromatic N) is 3. The van der Waals surface area contributed by atoms with Crippen LogP contribution < -0.4 is 15.5 Å². The number of aromatic nitrogens is 2. The van der Waals surface area contributed by atoms with Crippen molar-refractivity contribution in [1.82, 2.24) is 14.8 Å². The molecule has 1 fully saturated rings. The fraction of sp³-hybridized carbons (Fsp3) is 0.480. The number of aromatic amines is 1. The Hall–Kier alpha value is -2.78. The van der Waals surface area contributed by atoms with E-state index in [4.69, 9.17) is 22.1 Å². The van der Waals surface area contributed by atoms with E-state index in [1.807, 2.05) is 11.8 Å². The van der Waals surface area contributed by atoms with Gasteiger partial charge in [0.2, 0.25) is 0 Å². The number of carbonyl (C=O) groups is 1. The number of alkyl halides is 1. The first kappa shape index (κ1) is 25.3. The third-order valence-electron chi connectivity index (χ3n) is 6.46. The minimum Gasteiger partial charge on any atom is -0.486 e. The van der Waals surface area contributed by atoms with Crippen LogP contribution >= 0.6 is 11.6 Å². The van der Waals surface area contributed by atoms with Crippen LogP contribution in [0.5, 0.6) is 5.75 Å². The first-order chi connectivity index (χ1) is 16.7. The molecule has 2 aliphatic rings. The zero-order valence-corrected chi connectivity index (χ0v) is 21.0. The van der Waals surface area contributed by atoms with Crippen LogP contribution in [0.4, 0.5) is 8.78 Å². The van der Waals surface area contributed by atoms with Gasteiger partial charge in [-0.15, -0.1) is 0 Å². The van der Waals surface area contributed by atoms with Crippen molar-refractivity contribution >= 4 is 23.1 Å². The average Bonchev–Trinajstić information content (AvgIpc) is 3.20. The number of likely N-dealkylation sites (tertiary alicyclic amines) is 1. The highest BCUT2D eigenvalue weighted by molar-refractivity contribution is 6.31. The zero-order chi connectivity index (χ0) is 25.3. The molecule has 2 aromatic rings. The number of rotatable bonds is 6. The summed E-state index contributed by atoms with van der Waals surface area (Å²) >= 11 is 6.22. The molecule has 0 saturated carbocycles. The molecule has 0 bridgehead atoms. The van der Waals surface area contributed by atoms with Gasteiger partial charge in [0.05, 0.1) is 24.2 Å². The third-order valence-corrected chi connectivity index (χ3v) is 7.02. The Labute approximate surface area is 208 Å². The molecule has 3 N–H and O–H groups in total. The van der Waals surface area contributed by atoms with Gasteiger partial charge in [-0.2, -0.15) is 0 Å². The number of halogens is 3. The van der Waals surface area contributed by atoms with E-state index in [1.165, 1.54) is 17.0 Å². The van der Waals surface area contributed by atoms with Gasteiger partial charge >= 0.3 is 5.82 Å². The molecule has 2 aliphatic heterocycles. The second-order valence-corrected chi connectivity index (χ2v) is 9.55. The number of amides is 1. The molecule has 3 heterocycles. The van der Waals surface area contributed by atoms with Crippen molar-refractivity contribution in [3.05, 3.63) is 57.5 Å². The van der Waals surface area contributed by atoms with Crippen molar-refractivity contribution in [3.63, 3.8) is 0 Å². The zero-order valence-electron chi connectivity index (χ0n) is 20.2. The highest BCUT2D eigenvalue weighted by atomic mass is 35.5. The number of nitrogens with one attached hydrogen (secondary N) is 1. The van der Waals surface area contributed by atoms with Crippen molar-refractivity contribution in [2.24, 2.45) is 5.73 Å². The van der Waals surface area contributed by atoms with E-state index in [-0.39, 0.29) is 36.9 Å². The first-order valence-electron chi connectivity index (χ1n) is 11.8. The molecule has 1 amide bonds. The van der Waals surface area contributed by atoms with Gasteiger partial charge in [0.15, 0.2) is 5.69 Å². The van der Waals surface area contributed by atoms with E-state index in [1.54, 1.807) is 6.92 Å². The molecular formula is C25H31ClF2N5O2+. The lowest BCUT2D eigenvalue weighted by Crippen LogP contribution is -2.47. The Kier molecular flexibility index (Phi) is 7.56. The number of ether oxygens (including phenoxy) is 1. The highest BCUT2D eigenvalue weighted by Gasteiger charge is 2.35. The van der Waals surface area contributed by atoms with Crippen LogP contribution in [0.1, 0.15) is 47.3 Å². The number of hydrogen-bond acceptors (Lipinski definition) is 5. The second kappa shape index (κ2) is 10.5. The minimum atomic E-state index is -1.23. The summed E-state index contributed by atoms with van der Waals surface area (Å²) in [7, 11) is 0. The van der Waals surface area contributed by atoms with Crippen LogP contribution in [0.25, 0.3) is 5.57 Å². The second-order valence-electron chi connectivity index (χ2n) is 9.18. The lowest BCUT2D eigenvalue weighted by Gasteiger charge is -2.35. The van der Waals surface area contributed by atoms with Crippen LogP contribution in [0.3, 0.4) is 0 Å². The van der Waals surface area contributed by atoms with Gasteiger partial charge < -0.3 is 20.3 Å². The quantitative estimate of drug-likeness (QED) is 0.649. The smallest absolute Gasteiger partial charge is 0.328 e. The molecule has 2 atom stereocenters. The van der Waals surface area contributed by atoms with Gasteiger partial charge in [-0.25, -0.2) is 13.8 Å². The number of H-pyrrole nitrogens is 1. The summed E-state index contributed by atoms with van der Waals surface area (Å²) in [4.78, 5) is 24.6. The maximum absolute atomic E-state index is 14.8. The van der Waals surface area contributed by atoms with E-state index < -0.39 is 18.1 Å². The van der Waals surface area contributed by atoms with Gasteiger partial charge in [0.25, 0.3) is 5.91 Å². The standard InChI is InChI=1S/C25H30ClF2N5O2/c1-4-8-32-9-7-21(19(28)12-32)35-22-10-16(27)5-6-17(22)25(34)33-11-18(20(29)13-33)24-30-14(2)23(26)15(3)31-24/h5-6,10,19,21H,4,7-9,11-13,29H2,1-3H3/p+1/t19-,21-/m1/s1. The van der Waals surface area contributed by atoms with Crippen molar-refractivity contribution in [1.29, 1.82) is 0 Å². The fourth-order valence-electron chi connectivity index (χ4n) is 4.61. The highest BCUT2D eigenvalue weighted by Crippen LogP contribution is 2.30. The first-order valence-corrected chi connectivity index (χ1v) is 12.2. The van der Waals surface area contributed by atoms with Crippen molar-refractivity contribution in [2.45, 2.75) is 45.9 Å². The maximum atomic E-state index is 14.8. The van der Waals surface area contributed by atoms with Gasteiger partial charge in [-0.1, -0.05) is 18.5 Å². The molecule has 4 rings (SSSR count). The number of piperidine rings is 1. The molecule has 188 valence electrons. The molecule has 1 aromatic heterocycles. The largest absolute Gasteiger partial charge is 0.486 e. The van der Waals surface area contributed by atoms with Gasteiger partial charge in [-0.3, -0.25) is 4.79 Å². The normalized spacial score (nSPS) is 21.0. The molecule has 0 aliphatic carbocycles. The Morgan fingerprint density at radius 2 is 2.11 bits per heavy atom. The topological polar surface area (TPSA) is 85.8 Å². The monoisotopic (exact) mass is 506 g/mol. The van der Waals surface area contributed by atoms with Crippen LogP contribution in [-0.4, -0.2) is 65.7 Å². The van der Waals surface area contributed by atoms with Crippen molar-refractivity contribution in [3.8, 4) is 5.75 Å². The van der Waals surface area contributed by atoms with Gasteiger partial charge in [0.1, 0.15) is 34.6 Å². The van der Waals surface area contributed by atoms with Gasteiger partial charge in [0, 0.05) is 31.8 Å². The van der Waals surface area contributed by atoms with E-state index in [0.29, 0.717) is 40.8 Å². The lowest BCUT2D eigenvalue weighted by molar-refractivity contribution is -0.396. The summed E-state index contributed by atoms with van der Waals surface area (Å²) < 4.78 is 34.8. The van der Waals surface area contributed by atoms with E-state index in [2.05, 4.69) is 16.9 Å². The number of carbonyl (C=O) groups excluding carboxylic acids is 1. The molecule has 35 heavy (non-hydrogen) atoms. The van der Waals surface area contributed by atoms with Crippen LogP contribution in [0.15, 0.2) is 23.9 Å². The molecule has 10 heteroatoms. The molecule has 1 aromatic carbocycles. The Bertz CT molecular complexity index is 1140. The number of aryl methyl sites for hydroxylation is 2. The Morgan fingerprint density at radius 1 is 1.34 bits per heavy atom. The minimum absolute atomic E-state index is 0.0430. The lowest BCUT2D eigenvalue weighted by atomic mass is 10.0. The number of nitrogens with two attached hydrogens (primary N) is 1. The van der Waals surface area contributed by atoms with E-state index in [0.717, 1.165) is 24.7 Å². The van der Waals surface area contributed by atoms with E-state index in [9.17, 15) is 13.6 Å². The molecule has 0 spiro atoms. The van der Waals surface area contributed by atoms with Crippen LogP contribution in [-0.2, 0) is 0 Å². The molecule has 7 nitrogen and oxygen atoms in total. The summed E-state index contributed by atoms with van der Waals surface area (Å²) in [5.41, 5.74) is 9.04.